The maximum atomic E-state index is 13.3. The molecule has 14 nitrogen and oxygen atoms in total. The molecule has 0 heterocycles. The fraction of sp³-hybridized carbons (Fsp3) is 0.593. The van der Waals surface area contributed by atoms with Gasteiger partial charge in [0.15, 0.2) is 5.96 Å². The number of hydrogen-bond acceptors (Lipinski definition) is 8. The number of aromatic hydroxyl groups is 1. The number of guanidine groups is 1. The number of amides is 3. The van der Waals surface area contributed by atoms with E-state index in [2.05, 4.69) is 20.9 Å². The number of aliphatic carboxylic acids is 1. The van der Waals surface area contributed by atoms with Crippen LogP contribution in [0.15, 0.2) is 29.3 Å². The number of aliphatic imine (C=N–C) groups is 1. The van der Waals surface area contributed by atoms with Gasteiger partial charge in [0, 0.05) is 13.0 Å². The Hall–Kier alpha value is -3.91. The SMILES string of the molecule is CC(C)CC(N)C(=O)NC(CCCN=C(N)N)C(=O)NC(CCCCN)C(=O)NC(Cc1ccc(O)cc1)C(=O)O. The molecule has 3 amide bonds. The molecule has 1 aromatic rings. The van der Waals surface area contributed by atoms with Gasteiger partial charge >= 0.3 is 5.97 Å². The van der Waals surface area contributed by atoms with Crippen LogP contribution in [0.25, 0.3) is 0 Å². The fourth-order valence-corrected chi connectivity index (χ4v) is 4.04. The van der Waals surface area contributed by atoms with Crippen molar-refractivity contribution in [2.75, 3.05) is 13.1 Å². The lowest BCUT2D eigenvalue weighted by atomic mass is 10.0. The number of carboxylic acids is 1. The standard InChI is InChI=1S/C27H46N8O6/c1-16(2)14-19(29)23(37)33-21(7-5-13-32-27(30)31)24(38)34-20(6-3-4-12-28)25(39)35-22(26(40)41)15-17-8-10-18(36)11-9-17/h8-11,16,19-22,36H,3-7,12-15,28-29H2,1-2H3,(H,33,37)(H,34,38)(H,35,39)(H,40,41)(H4,30,31,32). The summed E-state index contributed by atoms with van der Waals surface area (Å²) in [4.78, 5) is 55.1. The molecule has 0 spiro atoms. The number of carbonyl (C=O) groups excluding carboxylic acids is 3. The van der Waals surface area contributed by atoms with E-state index >= 15 is 0 Å². The van der Waals surface area contributed by atoms with Gasteiger partial charge in [0.05, 0.1) is 6.04 Å². The van der Waals surface area contributed by atoms with Crippen LogP contribution in [0.2, 0.25) is 0 Å². The number of unbranched alkanes of at least 4 members (excludes halogenated alkanes) is 1. The van der Waals surface area contributed by atoms with Crippen molar-refractivity contribution >= 4 is 29.7 Å². The lowest BCUT2D eigenvalue weighted by molar-refractivity contribution is -0.142. The van der Waals surface area contributed by atoms with Gasteiger partial charge in [-0.05, 0) is 68.7 Å². The molecule has 14 heteroatoms. The van der Waals surface area contributed by atoms with Crippen LogP contribution in [0.3, 0.4) is 0 Å². The molecule has 1 rings (SSSR count). The summed E-state index contributed by atoms with van der Waals surface area (Å²) in [5.41, 5.74) is 22.9. The van der Waals surface area contributed by atoms with E-state index in [0.29, 0.717) is 37.8 Å². The van der Waals surface area contributed by atoms with Gasteiger partial charge in [0.2, 0.25) is 17.7 Å². The first-order chi connectivity index (χ1) is 19.3. The molecule has 0 aliphatic rings. The second kappa shape index (κ2) is 18.4. The van der Waals surface area contributed by atoms with Crippen LogP contribution in [-0.2, 0) is 25.6 Å². The van der Waals surface area contributed by atoms with Gasteiger partial charge in [-0.2, -0.15) is 0 Å². The number of rotatable bonds is 19. The number of carboxylic acid groups (broad SMARTS) is 1. The summed E-state index contributed by atoms with van der Waals surface area (Å²) in [6.45, 7) is 4.43. The Morgan fingerprint density at radius 1 is 0.854 bits per heavy atom. The predicted molar refractivity (Wildman–Crippen MR) is 155 cm³/mol. The fourth-order valence-electron chi connectivity index (χ4n) is 4.04. The second-order valence-electron chi connectivity index (χ2n) is 10.4. The Morgan fingerprint density at radius 3 is 1.90 bits per heavy atom. The monoisotopic (exact) mass is 578 g/mol. The average Bonchev–Trinajstić information content (AvgIpc) is 2.89. The van der Waals surface area contributed by atoms with Crippen molar-refractivity contribution in [3.8, 4) is 5.75 Å². The van der Waals surface area contributed by atoms with E-state index in [1.165, 1.54) is 12.1 Å². The summed E-state index contributed by atoms with van der Waals surface area (Å²) in [6, 6.07) is 1.70. The number of carbonyl (C=O) groups is 4. The van der Waals surface area contributed by atoms with Crippen molar-refractivity contribution in [2.45, 2.75) is 83.0 Å². The zero-order valence-electron chi connectivity index (χ0n) is 23.8. The molecule has 13 N–H and O–H groups in total. The minimum Gasteiger partial charge on any atom is -0.508 e. The van der Waals surface area contributed by atoms with Crippen molar-refractivity contribution in [3.63, 3.8) is 0 Å². The van der Waals surface area contributed by atoms with E-state index < -0.39 is 47.9 Å². The highest BCUT2D eigenvalue weighted by molar-refractivity contribution is 5.94. The largest absolute Gasteiger partial charge is 0.508 e. The zero-order valence-corrected chi connectivity index (χ0v) is 23.8. The summed E-state index contributed by atoms with van der Waals surface area (Å²) < 4.78 is 0. The molecular formula is C27H46N8O6. The highest BCUT2D eigenvalue weighted by atomic mass is 16.4. The number of hydrogen-bond donors (Lipinski definition) is 9. The third-order valence-corrected chi connectivity index (χ3v) is 6.21. The smallest absolute Gasteiger partial charge is 0.326 e. The molecule has 0 fully saturated rings. The second-order valence-corrected chi connectivity index (χ2v) is 10.4. The Kier molecular flexibility index (Phi) is 15.8. The lowest BCUT2D eigenvalue weighted by Crippen LogP contribution is -2.57. The minimum absolute atomic E-state index is 0.0254. The van der Waals surface area contributed by atoms with E-state index in [4.69, 9.17) is 22.9 Å². The van der Waals surface area contributed by atoms with Gasteiger partial charge in [-0.25, -0.2) is 4.79 Å². The first kappa shape index (κ1) is 35.1. The number of phenolic OH excluding ortho intramolecular Hbond substituents is 1. The zero-order chi connectivity index (χ0) is 30.9. The maximum Gasteiger partial charge on any atom is 0.326 e. The van der Waals surface area contributed by atoms with Gasteiger partial charge in [-0.3, -0.25) is 19.4 Å². The minimum atomic E-state index is -1.29. The molecule has 0 saturated heterocycles. The Morgan fingerprint density at radius 2 is 1.39 bits per heavy atom. The van der Waals surface area contributed by atoms with Gasteiger partial charge in [0.1, 0.15) is 23.9 Å². The van der Waals surface area contributed by atoms with E-state index in [1.807, 2.05) is 13.8 Å². The van der Waals surface area contributed by atoms with Crippen LogP contribution in [0.4, 0.5) is 0 Å². The van der Waals surface area contributed by atoms with E-state index in [-0.39, 0.29) is 43.4 Å². The van der Waals surface area contributed by atoms with Crippen molar-refractivity contribution in [1.29, 1.82) is 0 Å². The van der Waals surface area contributed by atoms with Crippen molar-refractivity contribution in [2.24, 2.45) is 33.8 Å². The Balaban J connectivity index is 3.07. The van der Waals surface area contributed by atoms with Crippen LogP contribution in [0.1, 0.15) is 57.9 Å². The van der Waals surface area contributed by atoms with E-state index in [0.717, 1.165) is 0 Å². The number of nitrogens with zero attached hydrogens (tertiary/aromatic N) is 1. The first-order valence-corrected chi connectivity index (χ1v) is 13.8. The first-order valence-electron chi connectivity index (χ1n) is 13.8. The molecule has 0 aliphatic carbocycles. The average molecular weight is 579 g/mol. The Labute approximate surface area is 240 Å². The number of phenols is 1. The van der Waals surface area contributed by atoms with Crippen LogP contribution in [0, 0.1) is 5.92 Å². The lowest BCUT2D eigenvalue weighted by Gasteiger charge is -2.25. The molecule has 4 atom stereocenters. The van der Waals surface area contributed by atoms with Crippen LogP contribution in [0.5, 0.6) is 5.75 Å². The highest BCUT2D eigenvalue weighted by Gasteiger charge is 2.30. The number of nitrogens with two attached hydrogens (primary N) is 4. The molecule has 1 aromatic carbocycles. The van der Waals surface area contributed by atoms with Crippen LogP contribution in [-0.4, -0.2) is 77.1 Å². The van der Waals surface area contributed by atoms with E-state index in [1.54, 1.807) is 12.1 Å². The normalized spacial score (nSPS) is 13.9. The molecule has 230 valence electrons. The summed E-state index contributed by atoms with van der Waals surface area (Å²) in [5.74, 6) is -3.01. The molecule has 0 radical (unpaired) electrons. The molecule has 0 aliphatic heterocycles. The quantitative estimate of drug-likeness (QED) is 0.0551. The topological polar surface area (TPSA) is 261 Å². The molecule has 0 aromatic heterocycles. The van der Waals surface area contributed by atoms with Gasteiger partial charge < -0.3 is 49.1 Å². The summed E-state index contributed by atoms with van der Waals surface area (Å²) in [5, 5.41) is 27.0. The predicted octanol–water partition coefficient (Wildman–Crippen LogP) is -0.970. The van der Waals surface area contributed by atoms with Crippen LogP contribution >= 0.6 is 0 Å². The van der Waals surface area contributed by atoms with Crippen molar-refractivity contribution in [3.05, 3.63) is 29.8 Å². The molecule has 41 heavy (non-hydrogen) atoms. The summed E-state index contributed by atoms with van der Waals surface area (Å²) in [7, 11) is 0. The molecule has 4 unspecified atom stereocenters. The van der Waals surface area contributed by atoms with Crippen molar-refractivity contribution < 1.29 is 29.4 Å². The number of benzene rings is 1. The summed E-state index contributed by atoms with van der Waals surface area (Å²) in [6.07, 6.45) is 2.16. The maximum absolute atomic E-state index is 13.3. The highest BCUT2D eigenvalue weighted by Crippen LogP contribution is 2.12. The van der Waals surface area contributed by atoms with Gasteiger partial charge in [-0.15, -0.1) is 0 Å². The summed E-state index contributed by atoms with van der Waals surface area (Å²) >= 11 is 0. The molecular weight excluding hydrogens is 532 g/mol. The van der Waals surface area contributed by atoms with Crippen LogP contribution < -0.4 is 38.9 Å². The van der Waals surface area contributed by atoms with E-state index in [9.17, 15) is 29.4 Å². The van der Waals surface area contributed by atoms with Gasteiger partial charge in [0.25, 0.3) is 0 Å². The molecule has 0 saturated carbocycles. The third kappa shape index (κ3) is 14.3. The third-order valence-electron chi connectivity index (χ3n) is 6.21. The molecule has 0 bridgehead atoms. The number of nitrogens with one attached hydrogen (secondary N) is 3. The van der Waals surface area contributed by atoms with Gasteiger partial charge in [-0.1, -0.05) is 26.0 Å². The Bertz CT molecular complexity index is 1010. The van der Waals surface area contributed by atoms with Crippen molar-refractivity contribution in [1.82, 2.24) is 16.0 Å².